The molecule has 0 spiro atoms. The molecule has 1 fully saturated rings. The van der Waals surface area contributed by atoms with Crippen molar-refractivity contribution < 1.29 is 23.6 Å². The summed E-state index contributed by atoms with van der Waals surface area (Å²) in [7, 11) is 0. The number of nitrogens with one attached hydrogen (secondary N) is 4. The number of hydrogen-bond acceptors (Lipinski definition) is 9. The molecule has 2 aliphatic rings. The zero-order chi connectivity index (χ0) is 34.6. The predicted molar refractivity (Wildman–Crippen MR) is 182 cm³/mol. The summed E-state index contributed by atoms with van der Waals surface area (Å²) in [5.41, 5.74) is 0.926. The van der Waals surface area contributed by atoms with Gasteiger partial charge in [0.1, 0.15) is 23.0 Å². The van der Waals surface area contributed by atoms with E-state index >= 15 is 0 Å². The second kappa shape index (κ2) is 14.6. The van der Waals surface area contributed by atoms with Gasteiger partial charge in [-0.1, -0.05) is 44.2 Å². The van der Waals surface area contributed by atoms with Crippen LogP contribution in [0.1, 0.15) is 110 Å². The van der Waals surface area contributed by atoms with Gasteiger partial charge in [0, 0.05) is 42.4 Å². The molecule has 2 aliphatic heterocycles. The van der Waals surface area contributed by atoms with Gasteiger partial charge in [-0.25, -0.2) is 9.97 Å². The number of carbonyl (C=O) groups excluding carboxylic acids is 4. The molecular weight excluding hydrogens is 630 g/mol. The number of amides is 4. The van der Waals surface area contributed by atoms with Gasteiger partial charge in [0.2, 0.25) is 17.7 Å². The van der Waals surface area contributed by atoms with Gasteiger partial charge in [0.25, 0.3) is 11.8 Å². The fourth-order valence-electron chi connectivity index (χ4n) is 7.02. The highest BCUT2D eigenvalue weighted by Crippen LogP contribution is 2.35. The largest absolute Gasteiger partial charge is 0.446 e. The normalized spacial score (nSPS) is 22.3. The summed E-state index contributed by atoms with van der Waals surface area (Å²) in [6, 6.07) is 8.44. The van der Waals surface area contributed by atoms with E-state index in [1.54, 1.807) is 5.38 Å². The summed E-state index contributed by atoms with van der Waals surface area (Å²) < 4.78 is 5.73. The molecule has 2 aromatic heterocycles. The minimum atomic E-state index is -0.677. The van der Waals surface area contributed by atoms with Gasteiger partial charge in [0.15, 0.2) is 5.69 Å². The highest BCUT2D eigenvalue weighted by molar-refractivity contribution is 7.09. The first-order valence-corrected chi connectivity index (χ1v) is 17.5. The zero-order valence-electron chi connectivity index (χ0n) is 28.6. The van der Waals surface area contributed by atoms with Crippen LogP contribution in [0.3, 0.4) is 0 Å². The number of piperidine rings is 1. The van der Waals surface area contributed by atoms with Crippen molar-refractivity contribution in [1.29, 1.82) is 0 Å². The average Bonchev–Trinajstić information content (AvgIpc) is 3.68. The number of aromatic nitrogens is 2. The number of benzene rings is 1. The Labute approximate surface area is 285 Å². The fraction of sp³-hybridized carbons (Fsp3) is 0.543. The van der Waals surface area contributed by atoms with Gasteiger partial charge in [0.05, 0.1) is 12.6 Å². The number of fused-ring (bicyclic) bond motifs is 4. The third-order valence-corrected chi connectivity index (χ3v) is 9.66. The van der Waals surface area contributed by atoms with E-state index in [1.165, 1.54) is 22.5 Å². The summed E-state index contributed by atoms with van der Waals surface area (Å²) in [4.78, 5) is 64.5. The second-order valence-corrected chi connectivity index (χ2v) is 15.5. The van der Waals surface area contributed by atoms with E-state index in [1.807, 2.05) is 44.2 Å². The molecule has 1 saturated heterocycles. The third-order valence-electron chi connectivity index (χ3n) is 8.74. The number of hydrogen-bond donors (Lipinski definition) is 4. The number of rotatable bonds is 5. The van der Waals surface area contributed by atoms with Crippen LogP contribution in [0.25, 0.3) is 0 Å². The molecule has 0 unspecified atom stereocenters. The van der Waals surface area contributed by atoms with Crippen molar-refractivity contribution in [3.05, 3.63) is 69.8 Å². The second-order valence-electron chi connectivity index (χ2n) is 14.6. The van der Waals surface area contributed by atoms with Gasteiger partial charge < -0.3 is 30.6 Å². The van der Waals surface area contributed by atoms with Gasteiger partial charge >= 0.3 is 0 Å². The van der Waals surface area contributed by atoms with Crippen LogP contribution in [0.5, 0.6) is 0 Å². The highest BCUT2D eigenvalue weighted by atomic mass is 32.1. The van der Waals surface area contributed by atoms with E-state index in [9.17, 15) is 19.2 Å². The Balaban J connectivity index is 1.41. The number of thiazole rings is 1. The first-order valence-electron chi connectivity index (χ1n) is 16.6. The van der Waals surface area contributed by atoms with Crippen molar-refractivity contribution >= 4 is 35.0 Å². The predicted octanol–water partition coefficient (Wildman–Crippen LogP) is 4.18. The van der Waals surface area contributed by atoms with Crippen LogP contribution >= 0.6 is 11.3 Å². The summed E-state index contributed by atoms with van der Waals surface area (Å²) in [5.74, 6) is -1.13. The maximum Gasteiger partial charge on any atom is 0.273 e. The SMILES string of the molecule is CC(C)[C@@H]1NC(=O)CN(C(=O)CC2CC(C)(C)NC(C)(C)C2)CCNC(=O)c2coc(n2)[C@H](Cc2ccccc2)NC(=O)c2csc1n2. The Morgan fingerprint density at radius 3 is 2.40 bits per heavy atom. The molecule has 0 aliphatic carbocycles. The third kappa shape index (κ3) is 9.07. The molecule has 4 amide bonds. The Kier molecular flexibility index (Phi) is 10.7. The average molecular weight is 678 g/mol. The number of oxazole rings is 1. The lowest BCUT2D eigenvalue weighted by molar-refractivity contribution is -0.137. The Bertz CT molecular complexity index is 1600. The molecule has 258 valence electrons. The van der Waals surface area contributed by atoms with Crippen LogP contribution in [0.2, 0.25) is 0 Å². The van der Waals surface area contributed by atoms with Crippen LogP contribution < -0.4 is 21.3 Å². The van der Waals surface area contributed by atoms with Crippen molar-refractivity contribution in [2.75, 3.05) is 19.6 Å². The highest BCUT2D eigenvalue weighted by Gasteiger charge is 2.39. The molecule has 4 N–H and O–H groups in total. The van der Waals surface area contributed by atoms with Crippen LogP contribution in [0.4, 0.5) is 0 Å². The van der Waals surface area contributed by atoms with Gasteiger partial charge in [-0.05, 0) is 57.9 Å². The summed E-state index contributed by atoms with van der Waals surface area (Å²) in [6.07, 6.45) is 3.58. The van der Waals surface area contributed by atoms with Crippen molar-refractivity contribution in [2.24, 2.45) is 11.8 Å². The molecule has 2 atom stereocenters. The van der Waals surface area contributed by atoms with E-state index in [-0.39, 0.29) is 71.6 Å². The summed E-state index contributed by atoms with van der Waals surface area (Å²) >= 11 is 1.29. The van der Waals surface area contributed by atoms with Crippen LogP contribution in [0, 0.1) is 11.8 Å². The maximum absolute atomic E-state index is 13.8. The van der Waals surface area contributed by atoms with E-state index in [0.717, 1.165) is 18.4 Å². The molecule has 0 radical (unpaired) electrons. The first-order chi connectivity index (χ1) is 22.7. The van der Waals surface area contributed by atoms with E-state index in [4.69, 9.17) is 4.42 Å². The molecule has 3 aromatic rings. The molecule has 4 bridgehead atoms. The van der Waals surface area contributed by atoms with Crippen LogP contribution in [0.15, 0.2) is 46.4 Å². The van der Waals surface area contributed by atoms with Gasteiger partial charge in [-0.2, -0.15) is 0 Å². The minimum Gasteiger partial charge on any atom is -0.446 e. The van der Waals surface area contributed by atoms with E-state index in [0.29, 0.717) is 17.8 Å². The Morgan fingerprint density at radius 1 is 1.00 bits per heavy atom. The summed E-state index contributed by atoms with van der Waals surface area (Å²) in [5, 5.41) is 14.8. The van der Waals surface area contributed by atoms with Crippen molar-refractivity contribution in [2.45, 2.75) is 90.4 Å². The van der Waals surface area contributed by atoms with Crippen LogP contribution in [-0.4, -0.2) is 69.2 Å². The number of nitrogens with zero attached hydrogens (tertiary/aromatic N) is 3. The Hall–Kier alpha value is -4.10. The van der Waals surface area contributed by atoms with Crippen molar-refractivity contribution in [3.63, 3.8) is 0 Å². The van der Waals surface area contributed by atoms with E-state index in [2.05, 4.69) is 58.9 Å². The number of carbonyl (C=O) groups is 4. The summed E-state index contributed by atoms with van der Waals surface area (Å²) in [6.45, 7) is 12.6. The Morgan fingerprint density at radius 2 is 1.71 bits per heavy atom. The zero-order valence-corrected chi connectivity index (χ0v) is 29.4. The lowest BCUT2D eigenvalue weighted by atomic mass is 9.74. The molecule has 12 nitrogen and oxygen atoms in total. The quantitative estimate of drug-likeness (QED) is 0.313. The lowest BCUT2D eigenvalue weighted by Gasteiger charge is -2.46. The lowest BCUT2D eigenvalue weighted by Crippen LogP contribution is -2.58. The smallest absolute Gasteiger partial charge is 0.273 e. The molecule has 4 heterocycles. The molecule has 5 rings (SSSR count). The first kappa shape index (κ1) is 35.2. The van der Waals surface area contributed by atoms with E-state index < -0.39 is 23.9 Å². The maximum atomic E-state index is 13.8. The van der Waals surface area contributed by atoms with Crippen LogP contribution in [-0.2, 0) is 16.0 Å². The van der Waals surface area contributed by atoms with Gasteiger partial charge in [-0.15, -0.1) is 11.3 Å². The molecule has 0 saturated carbocycles. The molecule has 1 aromatic carbocycles. The molecule has 13 heteroatoms. The minimum absolute atomic E-state index is 0.0409. The van der Waals surface area contributed by atoms with Gasteiger partial charge in [-0.3, -0.25) is 19.2 Å². The van der Waals surface area contributed by atoms with Crippen molar-refractivity contribution in [3.8, 4) is 0 Å². The fourth-order valence-corrected chi connectivity index (χ4v) is 8.04. The molecule has 48 heavy (non-hydrogen) atoms. The topological polar surface area (TPSA) is 159 Å². The standard InChI is InChI=1S/C35H47N7O5S/c1-21(2)29-33-39-26(20-48-33)31(46)37-24(14-22-10-8-7-9-11-22)32-38-25(19-47-32)30(45)36-12-13-42(18-27(43)40-29)28(44)15-23-16-34(3,4)41-35(5,6)17-23/h7-11,19-21,23-24,29,41H,12-18H2,1-6H3,(H,36,45)(H,37,46)(H,40,43)/t24-,29-/m0/s1. The van der Waals surface area contributed by atoms with Crippen molar-refractivity contribution in [1.82, 2.24) is 36.1 Å². The monoisotopic (exact) mass is 677 g/mol. The molecular formula is C35H47N7O5S.